The van der Waals surface area contributed by atoms with Crippen LogP contribution in [0.3, 0.4) is 0 Å². The van der Waals surface area contributed by atoms with E-state index in [1.165, 1.54) is 12.1 Å². The molecule has 0 fully saturated rings. The lowest BCUT2D eigenvalue weighted by atomic mass is 10.0. The summed E-state index contributed by atoms with van der Waals surface area (Å²) in [6, 6.07) is 2.88. The highest BCUT2D eigenvalue weighted by Crippen LogP contribution is 2.19. The van der Waals surface area contributed by atoms with E-state index in [4.69, 9.17) is 0 Å². The minimum absolute atomic E-state index is 0.339. The molecule has 0 aromatic heterocycles. The Labute approximate surface area is 75.4 Å². The summed E-state index contributed by atoms with van der Waals surface area (Å²) < 4.78 is 37.0. The van der Waals surface area contributed by atoms with E-state index in [-0.39, 0.29) is 0 Å². The molecule has 0 unspecified atom stereocenters. The first kappa shape index (κ1) is 10.1. The fraction of sp³-hybridized carbons (Fsp3) is 0.400. The third-order valence-electron chi connectivity index (χ3n) is 2.12. The van der Waals surface area contributed by atoms with Crippen molar-refractivity contribution in [3.05, 3.63) is 34.4 Å². The SMILES string of the molecule is Cc1c(CF)cc(CF)cc1CF. The largest absolute Gasteiger partial charge is 0.246 e. The van der Waals surface area contributed by atoms with Crippen LogP contribution in [0, 0.1) is 6.92 Å². The lowest BCUT2D eigenvalue weighted by molar-refractivity contribution is 0.462. The van der Waals surface area contributed by atoms with Gasteiger partial charge in [0.1, 0.15) is 20.0 Å². The van der Waals surface area contributed by atoms with Crippen LogP contribution in [0.5, 0.6) is 0 Å². The third kappa shape index (κ3) is 2.02. The maximum absolute atomic E-state index is 12.4. The zero-order chi connectivity index (χ0) is 9.84. The smallest absolute Gasteiger partial charge is 0.115 e. The van der Waals surface area contributed by atoms with Gasteiger partial charge in [-0.25, -0.2) is 13.2 Å². The number of hydrogen-bond donors (Lipinski definition) is 0. The molecule has 1 aromatic rings. The lowest BCUT2D eigenvalue weighted by Crippen LogP contribution is -1.95. The number of rotatable bonds is 3. The van der Waals surface area contributed by atoms with Gasteiger partial charge in [0, 0.05) is 0 Å². The van der Waals surface area contributed by atoms with Gasteiger partial charge in [-0.15, -0.1) is 0 Å². The van der Waals surface area contributed by atoms with Crippen LogP contribution >= 0.6 is 0 Å². The van der Waals surface area contributed by atoms with Crippen molar-refractivity contribution < 1.29 is 13.2 Å². The second-order valence-corrected chi connectivity index (χ2v) is 2.94. The number of halogens is 3. The first-order valence-corrected chi connectivity index (χ1v) is 4.02. The van der Waals surface area contributed by atoms with Crippen molar-refractivity contribution in [2.24, 2.45) is 0 Å². The van der Waals surface area contributed by atoms with Gasteiger partial charge in [-0.05, 0) is 29.2 Å². The third-order valence-corrected chi connectivity index (χ3v) is 2.12. The Morgan fingerprint density at radius 3 is 1.69 bits per heavy atom. The minimum atomic E-state index is -0.680. The van der Waals surface area contributed by atoms with E-state index in [0.717, 1.165) is 0 Å². The summed E-state index contributed by atoms with van der Waals surface area (Å²) in [5.41, 5.74) is 1.68. The molecule has 1 aromatic carbocycles. The highest BCUT2D eigenvalue weighted by atomic mass is 19.1. The van der Waals surface area contributed by atoms with Crippen molar-refractivity contribution in [3.8, 4) is 0 Å². The molecule has 0 saturated carbocycles. The van der Waals surface area contributed by atoms with Crippen LogP contribution in [0.4, 0.5) is 13.2 Å². The van der Waals surface area contributed by atoms with Gasteiger partial charge in [0.25, 0.3) is 0 Å². The molecule has 0 atom stereocenters. The fourth-order valence-corrected chi connectivity index (χ4v) is 1.27. The van der Waals surface area contributed by atoms with E-state index < -0.39 is 20.0 Å². The summed E-state index contributed by atoms with van der Waals surface area (Å²) in [5.74, 6) is 0. The highest BCUT2D eigenvalue weighted by Gasteiger charge is 2.06. The monoisotopic (exact) mass is 188 g/mol. The van der Waals surface area contributed by atoms with Crippen LogP contribution in [0.1, 0.15) is 22.3 Å². The van der Waals surface area contributed by atoms with Crippen molar-refractivity contribution in [3.63, 3.8) is 0 Å². The summed E-state index contributed by atoms with van der Waals surface area (Å²) in [6.45, 7) is -0.383. The van der Waals surface area contributed by atoms with Gasteiger partial charge < -0.3 is 0 Å². The van der Waals surface area contributed by atoms with Gasteiger partial charge in [-0.3, -0.25) is 0 Å². The first-order valence-electron chi connectivity index (χ1n) is 4.02. The van der Waals surface area contributed by atoms with Crippen LogP contribution in [0.15, 0.2) is 12.1 Å². The van der Waals surface area contributed by atoms with Gasteiger partial charge >= 0.3 is 0 Å². The summed E-state index contributed by atoms with van der Waals surface area (Å²) in [6.07, 6.45) is 0. The molecule has 0 amide bonds. The molecule has 1 rings (SSSR count). The van der Waals surface area contributed by atoms with Crippen LogP contribution in [-0.4, -0.2) is 0 Å². The molecular weight excluding hydrogens is 177 g/mol. The number of alkyl halides is 3. The molecule has 0 aliphatic heterocycles. The minimum Gasteiger partial charge on any atom is -0.246 e. The first-order chi connectivity index (χ1) is 6.22. The van der Waals surface area contributed by atoms with Crippen molar-refractivity contribution >= 4 is 0 Å². The Balaban J connectivity index is 3.20. The standard InChI is InChI=1S/C10H11F3/c1-7-9(5-12)2-8(4-11)3-10(7)6-13/h2-3H,4-6H2,1H3. The molecule has 0 saturated heterocycles. The molecule has 0 radical (unpaired) electrons. The average Bonchev–Trinajstić information content (AvgIpc) is 2.18. The Kier molecular flexibility index (Phi) is 3.34. The normalized spacial score (nSPS) is 10.5. The molecule has 0 bridgehead atoms. The number of hydrogen-bond acceptors (Lipinski definition) is 0. The van der Waals surface area contributed by atoms with E-state index in [1.54, 1.807) is 6.92 Å². The van der Waals surface area contributed by atoms with Crippen LogP contribution < -0.4 is 0 Å². The molecule has 0 heterocycles. The van der Waals surface area contributed by atoms with Crippen molar-refractivity contribution in [2.45, 2.75) is 26.9 Å². The molecule has 0 N–H and O–H groups in total. The lowest BCUT2D eigenvalue weighted by Gasteiger charge is -2.08. The summed E-state index contributed by atoms with van der Waals surface area (Å²) >= 11 is 0. The van der Waals surface area contributed by atoms with Crippen LogP contribution in [-0.2, 0) is 20.0 Å². The zero-order valence-corrected chi connectivity index (χ0v) is 7.41. The quantitative estimate of drug-likeness (QED) is 0.681. The Morgan fingerprint density at radius 1 is 0.923 bits per heavy atom. The topological polar surface area (TPSA) is 0 Å². The molecule has 0 aliphatic carbocycles. The summed E-state index contributed by atoms with van der Waals surface area (Å²) in [5, 5.41) is 0. The molecule has 0 spiro atoms. The maximum Gasteiger partial charge on any atom is 0.115 e. The Morgan fingerprint density at radius 2 is 1.38 bits per heavy atom. The molecule has 0 aliphatic rings. The van der Waals surface area contributed by atoms with E-state index in [0.29, 0.717) is 22.3 Å². The van der Waals surface area contributed by atoms with E-state index >= 15 is 0 Å². The highest BCUT2D eigenvalue weighted by molar-refractivity contribution is 5.37. The average molecular weight is 188 g/mol. The Hall–Kier alpha value is -0.990. The Bertz CT molecular complexity index is 269. The molecule has 72 valence electrons. The number of benzene rings is 1. The van der Waals surface area contributed by atoms with Crippen molar-refractivity contribution in [1.82, 2.24) is 0 Å². The molecule has 0 nitrogen and oxygen atoms in total. The second-order valence-electron chi connectivity index (χ2n) is 2.94. The second kappa shape index (κ2) is 4.30. The van der Waals surface area contributed by atoms with Gasteiger partial charge in [0.2, 0.25) is 0 Å². The van der Waals surface area contributed by atoms with Gasteiger partial charge in [-0.2, -0.15) is 0 Å². The summed E-state index contributed by atoms with van der Waals surface area (Å²) in [4.78, 5) is 0. The zero-order valence-electron chi connectivity index (χ0n) is 7.41. The molecular formula is C10H11F3. The van der Waals surface area contributed by atoms with Crippen LogP contribution in [0.25, 0.3) is 0 Å². The predicted molar refractivity (Wildman–Crippen MR) is 45.6 cm³/mol. The van der Waals surface area contributed by atoms with Crippen LogP contribution in [0.2, 0.25) is 0 Å². The fourth-order valence-electron chi connectivity index (χ4n) is 1.27. The van der Waals surface area contributed by atoms with Gasteiger partial charge in [0.05, 0.1) is 0 Å². The van der Waals surface area contributed by atoms with E-state index in [2.05, 4.69) is 0 Å². The molecule has 13 heavy (non-hydrogen) atoms. The maximum atomic E-state index is 12.4. The van der Waals surface area contributed by atoms with E-state index in [1.807, 2.05) is 0 Å². The van der Waals surface area contributed by atoms with E-state index in [9.17, 15) is 13.2 Å². The molecule has 3 heteroatoms. The van der Waals surface area contributed by atoms with Crippen molar-refractivity contribution in [1.29, 1.82) is 0 Å². The van der Waals surface area contributed by atoms with Gasteiger partial charge in [0.15, 0.2) is 0 Å². The summed E-state index contributed by atoms with van der Waals surface area (Å²) in [7, 11) is 0. The van der Waals surface area contributed by atoms with Gasteiger partial charge in [-0.1, -0.05) is 12.1 Å². The predicted octanol–water partition coefficient (Wildman–Crippen LogP) is 3.40. The van der Waals surface area contributed by atoms with Crippen molar-refractivity contribution in [2.75, 3.05) is 0 Å².